The van der Waals surface area contributed by atoms with E-state index in [1.54, 1.807) is 14.2 Å². The molecule has 1 amide bonds. The van der Waals surface area contributed by atoms with Crippen molar-refractivity contribution < 1.29 is 14.3 Å². The molecular formula is C20H30N2O3. The van der Waals surface area contributed by atoms with Crippen LogP contribution in [-0.2, 0) is 11.2 Å². The average molecular weight is 346 g/mol. The monoisotopic (exact) mass is 346 g/mol. The molecule has 3 rings (SSSR count). The van der Waals surface area contributed by atoms with Gasteiger partial charge in [0, 0.05) is 18.6 Å². The molecule has 0 aromatic heterocycles. The topological polar surface area (TPSA) is 50.8 Å². The lowest BCUT2D eigenvalue weighted by atomic mass is 9.97. The molecule has 2 fully saturated rings. The van der Waals surface area contributed by atoms with Gasteiger partial charge in [0.05, 0.1) is 20.1 Å². The Balaban J connectivity index is 1.51. The quantitative estimate of drug-likeness (QED) is 0.860. The molecule has 138 valence electrons. The van der Waals surface area contributed by atoms with E-state index in [0.29, 0.717) is 18.6 Å². The Kier molecular flexibility index (Phi) is 5.84. The summed E-state index contributed by atoms with van der Waals surface area (Å²) in [5, 5.41) is 3.14. The summed E-state index contributed by atoms with van der Waals surface area (Å²) in [7, 11) is 3.27. The maximum Gasteiger partial charge on any atom is 0.224 e. The van der Waals surface area contributed by atoms with Gasteiger partial charge in [0.25, 0.3) is 0 Å². The van der Waals surface area contributed by atoms with E-state index in [1.165, 1.54) is 19.3 Å². The fraction of sp³-hybridized carbons (Fsp3) is 0.650. The highest BCUT2D eigenvalue weighted by Gasteiger charge is 2.42. The number of carbonyl (C=O) groups excluding carboxylic acids is 1. The molecule has 3 atom stereocenters. The number of fused-ring (bicyclic) bond motifs is 1. The van der Waals surface area contributed by atoms with Crippen molar-refractivity contribution in [1.82, 2.24) is 10.2 Å². The maximum absolute atomic E-state index is 12.6. The molecule has 0 radical (unpaired) electrons. The average Bonchev–Trinajstić information content (AvgIpc) is 2.98. The highest BCUT2D eigenvalue weighted by atomic mass is 16.5. The first kappa shape index (κ1) is 18.1. The van der Waals surface area contributed by atoms with Crippen molar-refractivity contribution in [2.75, 3.05) is 27.3 Å². The Hall–Kier alpha value is -1.75. The molecule has 25 heavy (non-hydrogen) atoms. The fourth-order valence-corrected chi connectivity index (χ4v) is 4.36. The number of benzene rings is 1. The minimum absolute atomic E-state index is 0.133. The van der Waals surface area contributed by atoms with Crippen LogP contribution in [0, 0.1) is 5.92 Å². The van der Waals surface area contributed by atoms with Gasteiger partial charge in [-0.15, -0.1) is 0 Å². The van der Waals surface area contributed by atoms with Crippen LogP contribution in [0.15, 0.2) is 18.2 Å². The molecule has 2 aliphatic heterocycles. The molecule has 1 aromatic carbocycles. The summed E-state index contributed by atoms with van der Waals surface area (Å²) >= 11 is 0. The highest BCUT2D eigenvalue weighted by molar-refractivity contribution is 5.79. The fourth-order valence-electron chi connectivity index (χ4n) is 4.36. The van der Waals surface area contributed by atoms with Crippen LogP contribution in [0.25, 0.3) is 0 Å². The van der Waals surface area contributed by atoms with Gasteiger partial charge in [-0.25, -0.2) is 0 Å². The zero-order chi connectivity index (χ0) is 17.8. The predicted molar refractivity (Wildman–Crippen MR) is 98.2 cm³/mol. The van der Waals surface area contributed by atoms with E-state index in [1.807, 2.05) is 18.2 Å². The number of carbonyl (C=O) groups is 1. The summed E-state index contributed by atoms with van der Waals surface area (Å²) in [4.78, 5) is 15.2. The number of rotatable bonds is 6. The van der Waals surface area contributed by atoms with E-state index < -0.39 is 0 Å². The van der Waals surface area contributed by atoms with Crippen molar-refractivity contribution in [3.8, 4) is 11.5 Å². The van der Waals surface area contributed by atoms with Gasteiger partial charge in [0.1, 0.15) is 0 Å². The first-order valence-corrected chi connectivity index (χ1v) is 9.38. The zero-order valence-corrected chi connectivity index (χ0v) is 15.6. The molecule has 1 aromatic rings. The van der Waals surface area contributed by atoms with E-state index >= 15 is 0 Å². The number of hydrogen-bond donors (Lipinski definition) is 1. The molecule has 0 spiro atoms. The summed E-state index contributed by atoms with van der Waals surface area (Å²) in [6.07, 6.45) is 5.64. The highest BCUT2D eigenvalue weighted by Crippen LogP contribution is 2.35. The van der Waals surface area contributed by atoms with Crippen molar-refractivity contribution >= 4 is 5.91 Å². The summed E-state index contributed by atoms with van der Waals surface area (Å²) in [5.41, 5.74) is 1.13. The lowest BCUT2D eigenvalue weighted by molar-refractivity contribution is -0.125. The van der Waals surface area contributed by atoms with Crippen molar-refractivity contribution in [2.24, 2.45) is 5.92 Å². The van der Waals surface area contributed by atoms with Crippen molar-refractivity contribution in [1.29, 1.82) is 0 Å². The normalized spacial score (nSPS) is 26.1. The lowest BCUT2D eigenvalue weighted by Gasteiger charge is -2.32. The third kappa shape index (κ3) is 3.92. The number of ether oxygens (including phenoxy) is 2. The van der Waals surface area contributed by atoms with Gasteiger partial charge in [0.2, 0.25) is 5.91 Å². The maximum atomic E-state index is 12.6. The number of piperidine rings is 1. The van der Waals surface area contributed by atoms with Gasteiger partial charge in [0.15, 0.2) is 11.5 Å². The summed E-state index contributed by atoms with van der Waals surface area (Å²) in [6, 6.07) is 6.89. The Bertz CT molecular complexity index is 605. The summed E-state index contributed by atoms with van der Waals surface area (Å²) < 4.78 is 10.6. The number of methoxy groups -OCH3 is 2. The molecule has 3 unspecified atom stereocenters. The second kappa shape index (κ2) is 8.09. The van der Waals surface area contributed by atoms with Crippen LogP contribution in [0.4, 0.5) is 0 Å². The molecule has 5 heteroatoms. The molecule has 2 saturated heterocycles. The first-order chi connectivity index (χ1) is 12.1. The van der Waals surface area contributed by atoms with Gasteiger partial charge in [-0.3, -0.25) is 9.69 Å². The van der Waals surface area contributed by atoms with Crippen LogP contribution >= 0.6 is 0 Å². The molecule has 5 nitrogen and oxygen atoms in total. The standard InChI is InChI=1S/C20H30N2O3/c1-14-17(13-16-6-4-5-11-22(14)16)20(23)21-10-9-15-7-8-18(24-2)19(12-15)25-3/h7-8,12,14,16-17H,4-6,9-11,13H2,1-3H3,(H,21,23). The lowest BCUT2D eigenvalue weighted by Crippen LogP contribution is -2.42. The van der Waals surface area contributed by atoms with Crippen LogP contribution in [0.2, 0.25) is 0 Å². The molecule has 2 heterocycles. The smallest absolute Gasteiger partial charge is 0.224 e. The van der Waals surface area contributed by atoms with Crippen LogP contribution in [0.1, 0.15) is 38.2 Å². The van der Waals surface area contributed by atoms with Gasteiger partial charge < -0.3 is 14.8 Å². The number of nitrogens with one attached hydrogen (secondary N) is 1. The van der Waals surface area contributed by atoms with Gasteiger partial charge >= 0.3 is 0 Å². The minimum Gasteiger partial charge on any atom is -0.493 e. The third-order valence-corrected chi connectivity index (χ3v) is 5.80. The van der Waals surface area contributed by atoms with Crippen molar-refractivity contribution in [3.05, 3.63) is 23.8 Å². The molecule has 0 saturated carbocycles. The first-order valence-electron chi connectivity index (χ1n) is 9.38. The van der Waals surface area contributed by atoms with Gasteiger partial charge in [-0.1, -0.05) is 12.5 Å². The number of amides is 1. The molecular weight excluding hydrogens is 316 g/mol. The number of hydrogen-bond acceptors (Lipinski definition) is 4. The molecule has 2 aliphatic rings. The van der Waals surface area contributed by atoms with Crippen molar-refractivity contribution in [2.45, 2.75) is 51.1 Å². The molecule has 0 aliphatic carbocycles. The number of nitrogens with zero attached hydrogens (tertiary/aromatic N) is 1. The summed E-state index contributed by atoms with van der Waals surface area (Å²) in [6.45, 7) is 4.02. The Morgan fingerprint density at radius 3 is 2.76 bits per heavy atom. The van der Waals surface area contributed by atoms with E-state index in [-0.39, 0.29) is 11.8 Å². The van der Waals surface area contributed by atoms with Crippen LogP contribution < -0.4 is 14.8 Å². The molecule has 0 bridgehead atoms. The van der Waals surface area contributed by atoms with Crippen molar-refractivity contribution in [3.63, 3.8) is 0 Å². The summed E-state index contributed by atoms with van der Waals surface area (Å²) in [5.74, 6) is 1.80. The third-order valence-electron chi connectivity index (χ3n) is 5.80. The predicted octanol–water partition coefficient (Wildman–Crippen LogP) is 2.63. The molecule has 1 N–H and O–H groups in total. The Labute approximate surface area is 150 Å². The van der Waals surface area contributed by atoms with Crippen LogP contribution in [-0.4, -0.2) is 50.2 Å². The van der Waals surface area contributed by atoms with Gasteiger partial charge in [-0.05, 0) is 56.8 Å². The second-order valence-corrected chi connectivity index (χ2v) is 7.20. The zero-order valence-electron chi connectivity index (χ0n) is 15.6. The van der Waals surface area contributed by atoms with E-state index in [0.717, 1.165) is 36.4 Å². The van der Waals surface area contributed by atoms with Gasteiger partial charge in [-0.2, -0.15) is 0 Å². The Morgan fingerprint density at radius 1 is 1.24 bits per heavy atom. The van der Waals surface area contributed by atoms with Crippen LogP contribution in [0.5, 0.6) is 11.5 Å². The minimum atomic E-state index is 0.133. The van der Waals surface area contributed by atoms with E-state index in [9.17, 15) is 4.79 Å². The Morgan fingerprint density at radius 2 is 2.04 bits per heavy atom. The van der Waals surface area contributed by atoms with E-state index in [2.05, 4.69) is 17.1 Å². The second-order valence-electron chi connectivity index (χ2n) is 7.20. The van der Waals surface area contributed by atoms with Crippen LogP contribution in [0.3, 0.4) is 0 Å². The van der Waals surface area contributed by atoms with E-state index in [4.69, 9.17) is 9.47 Å². The SMILES string of the molecule is COc1ccc(CCNC(=O)C2CC3CCCCN3C2C)cc1OC. The largest absolute Gasteiger partial charge is 0.493 e.